The Morgan fingerprint density at radius 3 is 2.79 bits per heavy atom. The van der Waals surface area contributed by atoms with Crippen LogP contribution in [0.4, 0.5) is 19.3 Å². The maximum Gasteiger partial charge on any atom is 0.322 e. The Bertz CT molecular complexity index is 1180. The lowest BCUT2D eigenvalue weighted by Crippen LogP contribution is -2.39. The number of pyridine rings is 1. The Labute approximate surface area is 169 Å². The molecule has 2 N–H and O–H groups in total. The predicted molar refractivity (Wildman–Crippen MR) is 105 cm³/mol. The number of aromatic nitrogens is 1. The summed E-state index contributed by atoms with van der Waals surface area (Å²) in [5.74, 6) is -1.08. The molecule has 0 saturated heterocycles. The first kappa shape index (κ1) is 19.4. The van der Waals surface area contributed by atoms with Crippen molar-refractivity contribution in [3.05, 3.63) is 74.7 Å². The third kappa shape index (κ3) is 3.56. The summed E-state index contributed by atoms with van der Waals surface area (Å²) in [6.45, 7) is 0.315. The second kappa shape index (κ2) is 7.46. The molecule has 1 atom stereocenters. The summed E-state index contributed by atoms with van der Waals surface area (Å²) < 4.78 is 32.8. The van der Waals surface area contributed by atoms with Crippen LogP contribution in [0.5, 0.6) is 0 Å². The Hall–Kier alpha value is -2.97. The van der Waals surface area contributed by atoms with Crippen LogP contribution >= 0.6 is 11.6 Å². The molecule has 0 aliphatic carbocycles. The van der Waals surface area contributed by atoms with Crippen LogP contribution in [0.2, 0.25) is 5.02 Å². The smallest absolute Gasteiger partial charge is 0.322 e. The molecule has 0 spiro atoms. The van der Waals surface area contributed by atoms with Gasteiger partial charge in [-0.1, -0.05) is 11.6 Å². The number of anilines is 1. The summed E-state index contributed by atoms with van der Waals surface area (Å²) in [5.41, 5.74) is 1.09. The van der Waals surface area contributed by atoms with Gasteiger partial charge in [-0.05, 0) is 41.8 Å². The number of aromatic amines is 1. The number of halogens is 3. The van der Waals surface area contributed by atoms with Crippen molar-refractivity contribution >= 4 is 34.1 Å². The van der Waals surface area contributed by atoms with Gasteiger partial charge in [0.2, 0.25) is 0 Å². The number of H-pyrrole nitrogens is 1. The van der Waals surface area contributed by atoms with Crippen molar-refractivity contribution in [2.45, 2.75) is 12.6 Å². The molecule has 0 saturated carbocycles. The summed E-state index contributed by atoms with van der Waals surface area (Å²) in [6, 6.07) is 6.69. The van der Waals surface area contributed by atoms with Crippen LogP contribution < -0.4 is 10.9 Å². The van der Waals surface area contributed by atoms with E-state index in [0.29, 0.717) is 27.7 Å². The van der Waals surface area contributed by atoms with E-state index in [2.05, 4.69) is 10.3 Å². The number of carbonyl (C=O) groups is 1. The van der Waals surface area contributed by atoms with E-state index in [-0.39, 0.29) is 23.8 Å². The number of amides is 2. The number of urea groups is 1. The van der Waals surface area contributed by atoms with Gasteiger partial charge in [0.15, 0.2) is 0 Å². The number of benzene rings is 2. The molecule has 3 aromatic rings. The van der Waals surface area contributed by atoms with Crippen molar-refractivity contribution in [3.8, 4) is 0 Å². The van der Waals surface area contributed by atoms with Crippen LogP contribution in [0.25, 0.3) is 10.8 Å². The zero-order chi connectivity index (χ0) is 20.7. The van der Waals surface area contributed by atoms with Gasteiger partial charge in [0.05, 0.1) is 24.3 Å². The molecule has 150 valence electrons. The number of nitrogens with zero attached hydrogens (tertiary/aromatic N) is 1. The monoisotopic (exact) mass is 419 g/mol. The van der Waals surface area contributed by atoms with Crippen molar-refractivity contribution in [1.29, 1.82) is 0 Å². The fraction of sp³-hybridized carbons (Fsp3) is 0.200. The minimum absolute atomic E-state index is 0.115. The molecule has 2 amide bonds. The van der Waals surface area contributed by atoms with Crippen LogP contribution in [-0.2, 0) is 11.3 Å². The molecule has 1 aliphatic heterocycles. The average Bonchev–Trinajstić information content (AvgIpc) is 2.69. The number of likely N-dealkylation sites (N-methyl/N-ethyl adjacent to an activating group) is 1. The van der Waals surface area contributed by atoms with Crippen molar-refractivity contribution in [3.63, 3.8) is 0 Å². The van der Waals surface area contributed by atoms with Gasteiger partial charge >= 0.3 is 6.03 Å². The second-order valence-electron chi connectivity index (χ2n) is 6.74. The number of hydrogen-bond donors (Lipinski definition) is 2. The lowest BCUT2D eigenvalue weighted by molar-refractivity contribution is 0.0527. The number of ether oxygens (including phenoxy) is 1. The third-order valence-corrected chi connectivity index (χ3v) is 5.21. The van der Waals surface area contributed by atoms with Gasteiger partial charge in [0.1, 0.15) is 11.6 Å². The summed E-state index contributed by atoms with van der Waals surface area (Å²) in [5, 5.41) is 3.29. The van der Waals surface area contributed by atoms with Gasteiger partial charge < -0.3 is 19.9 Å². The minimum Gasteiger partial charge on any atom is -0.373 e. The van der Waals surface area contributed by atoms with Crippen molar-refractivity contribution in [1.82, 2.24) is 9.88 Å². The molecule has 9 heteroatoms. The van der Waals surface area contributed by atoms with E-state index < -0.39 is 23.7 Å². The van der Waals surface area contributed by atoms with Gasteiger partial charge in [0.25, 0.3) is 5.56 Å². The van der Waals surface area contributed by atoms with Crippen molar-refractivity contribution < 1.29 is 18.3 Å². The highest BCUT2D eigenvalue weighted by atomic mass is 35.5. The van der Waals surface area contributed by atoms with E-state index in [0.717, 1.165) is 6.07 Å². The number of fused-ring (bicyclic) bond motifs is 3. The molecular formula is C20H16ClF2N3O3. The SMILES string of the molecule is CN(C(=O)Nc1ccc(F)c(Cl)c1)[C@H]1COCc2[nH]c(=O)c3ccc(F)cc3c21. The maximum absolute atomic E-state index is 13.9. The number of nitrogens with one attached hydrogen (secondary N) is 2. The molecule has 1 aliphatic rings. The fourth-order valence-corrected chi connectivity index (χ4v) is 3.64. The molecule has 6 nitrogen and oxygen atoms in total. The second-order valence-corrected chi connectivity index (χ2v) is 7.14. The molecule has 2 heterocycles. The van der Waals surface area contributed by atoms with Gasteiger partial charge in [0, 0.05) is 29.4 Å². The Kier molecular flexibility index (Phi) is 4.97. The molecule has 1 aromatic heterocycles. The molecule has 29 heavy (non-hydrogen) atoms. The van der Waals surface area contributed by atoms with Crippen molar-refractivity contribution in [2.75, 3.05) is 19.0 Å². The first-order valence-corrected chi connectivity index (χ1v) is 9.14. The lowest BCUT2D eigenvalue weighted by atomic mass is 9.96. The van der Waals surface area contributed by atoms with Gasteiger partial charge in [-0.15, -0.1) is 0 Å². The third-order valence-electron chi connectivity index (χ3n) is 4.92. The predicted octanol–water partition coefficient (Wildman–Crippen LogP) is 4.19. The number of rotatable bonds is 2. The van der Waals surface area contributed by atoms with E-state index >= 15 is 0 Å². The molecule has 2 aromatic carbocycles. The van der Waals surface area contributed by atoms with E-state index in [1.165, 1.54) is 35.2 Å². The topological polar surface area (TPSA) is 74.4 Å². The van der Waals surface area contributed by atoms with Crippen LogP contribution in [0.1, 0.15) is 17.3 Å². The summed E-state index contributed by atoms with van der Waals surface area (Å²) in [7, 11) is 1.56. The number of carbonyl (C=O) groups excluding carboxylic acids is 1. The maximum atomic E-state index is 13.9. The molecule has 0 fully saturated rings. The standard InChI is InChI=1S/C20H16ClF2N3O3/c1-26(20(28)24-11-3-5-15(23)14(21)7-11)17-9-29-8-16-18(17)13-6-10(22)2-4-12(13)19(27)25-16/h2-7,17H,8-9H2,1H3,(H,24,28)(H,25,27)/t17-/m0/s1. The highest BCUT2D eigenvalue weighted by Crippen LogP contribution is 2.33. The zero-order valence-corrected chi connectivity index (χ0v) is 16.0. The largest absolute Gasteiger partial charge is 0.373 e. The lowest BCUT2D eigenvalue weighted by Gasteiger charge is -2.33. The van der Waals surface area contributed by atoms with Crippen molar-refractivity contribution in [2.24, 2.45) is 0 Å². The number of hydrogen-bond acceptors (Lipinski definition) is 3. The Balaban J connectivity index is 1.71. The molecule has 4 rings (SSSR count). The Morgan fingerprint density at radius 2 is 2.03 bits per heavy atom. The van der Waals surface area contributed by atoms with E-state index in [9.17, 15) is 18.4 Å². The van der Waals surface area contributed by atoms with Gasteiger partial charge in [-0.2, -0.15) is 0 Å². The van der Waals surface area contributed by atoms with E-state index in [4.69, 9.17) is 16.3 Å². The molecule has 0 radical (unpaired) electrons. The van der Waals surface area contributed by atoms with Crippen LogP contribution in [0, 0.1) is 11.6 Å². The van der Waals surface area contributed by atoms with Crippen LogP contribution in [0.15, 0.2) is 41.2 Å². The summed E-state index contributed by atoms with van der Waals surface area (Å²) in [4.78, 5) is 29.2. The zero-order valence-electron chi connectivity index (χ0n) is 15.3. The first-order valence-electron chi connectivity index (χ1n) is 8.76. The quantitative estimate of drug-likeness (QED) is 0.654. The first-order chi connectivity index (χ1) is 13.8. The molecular weight excluding hydrogens is 404 g/mol. The highest BCUT2D eigenvalue weighted by molar-refractivity contribution is 6.31. The highest BCUT2D eigenvalue weighted by Gasteiger charge is 2.30. The van der Waals surface area contributed by atoms with E-state index in [1.807, 2.05) is 0 Å². The van der Waals surface area contributed by atoms with Gasteiger partial charge in [-0.3, -0.25) is 4.79 Å². The minimum atomic E-state index is -0.593. The van der Waals surface area contributed by atoms with Crippen LogP contribution in [-0.4, -0.2) is 29.6 Å². The molecule has 0 unspecified atom stereocenters. The summed E-state index contributed by atoms with van der Waals surface area (Å²) >= 11 is 5.76. The van der Waals surface area contributed by atoms with Gasteiger partial charge in [-0.25, -0.2) is 13.6 Å². The Morgan fingerprint density at radius 1 is 1.24 bits per heavy atom. The fourth-order valence-electron chi connectivity index (χ4n) is 3.45. The summed E-state index contributed by atoms with van der Waals surface area (Å²) in [6.07, 6.45) is 0. The normalized spacial score (nSPS) is 15.8. The average molecular weight is 420 g/mol. The van der Waals surface area contributed by atoms with Crippen LogP contribution in [0.3, 0.4) is 0 Å². The molecule has 0 bridgehead atoms. The van der Waals surface area contributed by atoms with E-state index in [1.54, 1.807) is 7.05 Å².